The van der Waals surface area contributed by atoms with Gasteiger partial charge in [0.2, 0.25) is 0 Å². The molecule has 10 heteroatoms. The van der Waals surface area contributed by atoms with Crippen molar-refractivity contribution in [2.45, 2.75) is 69.1 Å². The summed E-state index contributed by atoms with van der Waals surface area (Å²) in [6.45, 7) is 9.05. The average Bonchev–Trinajstić information content (AvgIpc) is 3.23. The number of fused-ring (bicyclic) bond motifs is 3. The van der Waals surface area contributed by atoms with Crippen LogP contribution >= 0.6 is 11.9 Å². The number of nitrogens with one attached hydrogen (secondary N) is 2. The van der Waals surface area contributed by atoms with Crippen molar-refractivity contribution in [3.05, 3.63) is 70.9 Å². The third kappa shape index (κ3) is 7.96. The summed E-state index contributed by atoms with van der Waals surface area (Å²) in [5.74, 6) is -0.153. The highest BCUT2D eigenvalue weighted by Gasteiger charge is 2.36. The second-order valence-corrected chi connectivity index (χ2v) is 11.3. The van der Waals surface area contributed by atoms with Crippen LogP contribution in [0.15, 0.2) is 48.7 Å². The Labute approximate surface area is 240 Å². The second-order valence-electron chi connectivity index (χ2n) is 10.5. The summed E-state index contributed by atoms with van der Waals surface area (Å²) in [6, 6.07) is 12.7. The predicted octanol–water partition coefficient (Wildman–Crippen LogP) is 5.51. The van der Waals surface area contributed by atoms with E-state index in [1.54, 1.807) is 0 Å². The van der Waals surface area contributed by atoms with Gasteiger partial charge in [0.25, 0.3) is 0 Å². The van der Waals surface area contributed by atoms with Crippen LogP contribution in [0.25, 0.3) is 11.1 Å². The maximum Gasteiger partial charge on any atom is 0.404 e. The summed E-state index contributed by atoms with van der Waals surface area (Å²) in [5, 5.41) is 18.1. The van der Waals surface area contributed by atoms with Crippen molar-refractivity contribution in [2.24, 2.45) is 10.9 Å². The lowest BCUT2D eigenvalue weighted by Crippen LogP contribution is -2.41. The van der Waals surface area contributed by atoms with Crippen LogP contribution < -0.4 is 21.5 Å². The lowest BCUT2D eigenvalue weighted by Gasteiger charge is -2.33. The van der Waals surface area contributed by atoms with Crippen molar-refractivity contribution in [1.29, 1.82) is 0 Å². The van der Waals surface area contributed by atoms with Gasteiger partial charge in [0.05, 0.1) is 6.61 Å². The van der Waals surface area contributed by atoms with E-state index < -0.39 is 11.3 Å². The first kappa shape index (κ1) is 31.9. The lowest BCUT2D eigenvalue weighted by atomic mass is 9.81. The fourth-order valence-corrected chi connectivity index (χ4v) is 5.83. The number of aliphatic hydroxyl groups excluding tert-OH is 1. The first-order valence-electron chi connectivity index (χ1n) is 13.8. The van der Waals surface area contributed by atoms with Crippen molar-refractivity contribution in [3.63, 3.8) is 0 Å². The second kappa shape index (κ2) is 14.3. The van der Waals surface area contributed by atoms with Gasteiger partial charge in [-0.2, -0.15) is 8.78 Å². The highest BCUT2D eigenvalue weighted by atomic mass is 32.2. The fraction of sp³-hybridized carbons (Fsp3) is 0.500. The van der Waals surface area contributed by atoms with Gasteiger partial charge in [-0.15, -0.1) is 0 Å². The Kier molecular flexibility index (Phi) is 11.4. The van der Waals surface area contributed by atoms with Gasteiger partial charge in [0.15, 0.2) is 0 Å². The van der Waals surface area contributed by atoms with E-state index in [1.165, 1.54) is 0 Å². The molecule has 1 amide bonds. The van der Waals surface area contributed by atoms with E-state index in [2.05, 4.69) is 61.4 Å². The van der Waals surface area contributed by atoms with E-state index in [4.69, 9.17) is 15.6 Å². The van der Waals surface area contributed by atoms with E-state index in [-0.39, 0.29) is 49.6 Å². The van der Waals surface area contributed by atoms with Crippen LogP contribution in [-0.2, 0) is 16.7 Å². The zero-order valence-electron chi connectivity index (χ0n) is 23.4. The zero-order chi connectivity index (χ0) is 29.3. The molecule has 2 atom stereocenters. The summed E-state index contributed by atoms with van der Waals surface area (Å²) in [4.78, 5) is 11.5. The molecule has 0 saturated carbocycles. The van der Waals surface area contributed by atoms with Crippen LogP contribution in [-0.4, -0.2) is 42.8 Å². The molecule has 1 aliphatic rings. The minimum atomic E-state index is -2.95. The smallest absolute Gasteiger partial charge is 0.404 e. The van der Waals surface area contributed by atoms with Gasteiger partial charge in [-0.05, 0) is 77.9 Å². The van der Waals surface area contributed by atoms with E-state index in [9.17, 15) is 18.7 Å². The molecule has 0 spiro atoms. The number of carbonyl (C=O) groups is 1. The number of aliphatic hydroxyl groups is 1. The number of rotatable bonds is 17. The number of primary amides is 1. The molecular weight excluding hydrogens is 534 g/mol. The highest BCUT2D eigenvalue weighted by molar-refractivity contribution is 7.98. The minimum Gasteiger partial charge on any atom is -0.449 e. The van der Waals surface area contributed by atoms with Crippen molar-refractivity contribution >= 4 is 18.0 Å². The quantitative estimate of drug-likeness (QED) is 0.158. The number of nitrogens with two attached hydrogens (primary N) is 2. The molecule has 7 N–H and O–H groups in total. The largest absolute Gasteiger partial charge is 0.449 e. The number of amides is 1. The van der Waals surface area contributed by atoms with E-state index in [0.717, 1.165) is 59.1 Å². The Bertz CT molecular complexity index is 1180. The Hall–Kier alpha value is -2.66. The first-order chi connectivity index (χ1) is 19.0. The zero-order valence-corrected chi connectivity index (χ0v) is 24.2. The molecular formula is C30H42F2N4O3S. The molecule has 220 valence electrons. The molecule has 0 saturated heterocycles. The van der Waals surface area contributed by atoms with Crippen LogP contribution in [0, 0.1) is 0 Å². The molecule has 0 aromatic heterocycles. The monoisotopic (exact) mass is 576 g/mol. The molecule has 0 aliphatic heterocycles. The van der Waals surface area contributed by atoms with Crippen LogP contribution in [0.3, 0.4) is 0 Å². The lowest BCUT2D eigenvalue weighted by molar-refractivity contribution is 0.0964. The number of carbonyl (C=O) groups excluding carboxylic acids is 1. The molecule has 0 fully saturated rings. The van der Waals surface area contributed by atoms with Gasteiger partial charge in [-0.1, -0.05) is 56.3 Å². The fourth-order valence-electron chi connectivity index (χ4n) is 5.61. The van der Waals surface area contributed by atoms with Gasteiger partial charge < -0.3 is 26.2 Å². The van der Waals surface area contributed by atoms with Gasteiger partial charge in [-0.25, -0.2) is 4.79 Å². The minimum absolute atomic E-state index is 0.0462. The molecule has 0 bridgehead atoms. The Morgan fingerprint density at radius 3 is 2.65 bits per heavy atom. The Morgan fingerprint density at radius 1 is 1.20 bits per heavy atom. The Morgan fingerprint density at radius 2 is 1.98 bits per heavy atom. The summed E-state index contributed by atoms with van der Waals surface area (Å²) in [7, 11) is 0. The first-order valence-corrected chi connectivity index (χ1v) is 14.6. The summed E-state index contributed by atoms with van der Waals surface area (Å²) < 4.78 is 31.9. The molecule has 3 rings (SSSR count). The Balaban J connectivity index is 1.83. The number of ether oxygens (including phenoxy) is 1. The third-order valence-electron chi connectivity index (χ3n) is 7.50. The van der Waals surface area contributed by atoms with E-state index >= 15 is 0 Å². The molecule has 0 heterocycles. The van der Waals surface area contributed by atoms with Crippen LogP contribution in [0.4, 0.5) is 13.6 Å². The number of halogens is 2. The summed E-state index contributed by atoms with van der Waals surface area (Å²) >= 11 is 0.0608. The standard InChI is InChI=1S/C30H42F2N4O3S/c1-4-13-29(3,36-16-17-37)26-10-6-9-22-25(19-39-28(33)38)24-18-21(11-12-23(24)27(22)26)8-5-7-20(2)35-15-14-30(31,32)40-34/h6,9-12,18,25,35-37H,2,4-5,7-8,13-17,19,34H2,1,3H3,(H2,33,38). The van der Waals surface area contributed by atoms with Gasteiger partial charge in [0, 0.05) is 36.7 Å². The summed E-state index contributed by atoms with van der Waals surface area (Å²) in [6.07, 6.45) is 2.92. The number of allylic oxidation sites excluding steroid dienone is 1. The summed E-state index contributed by atoms with van der Waals surface area (Å²) in [5.41, 5.74) is 12.4. The van der Waals surface area contributed by atoms with Gasteiger partial charge in [0.1, 0.15) is 6.61 Å². The van der Waals surface area contributed by atoms with Crippen molar-refractivity contribution in [2.75, 3.05) is 26.3 Å². The van der Waals surface area contributed by atoms with Crippen molar-refractivity contribution < 1.29 is 23.4 Å². The van der Waals surface area contributed by atoms with Crippen LogP contribution in [0.2, 0.25) is 0 Å². The van der Waals surface area contributed by atoms with E-state index in [1.807, 2.05) is 6.07 Å². The average molecular weight is 577 g/mol. The number of aryl methyl sites for hydroxylation is 1. The molecule has 2 aromatic carbocycles. The van der Waals surface area contributed by atoms with Crippen LogP contribution in [0.5, 0.6) is 0 Å². The van der Waals surface area contributed by atoms with Crippen molar-refractivity contribution in [3.8, 4) is 11.1 Å². The number of hydrogen-bond donors (Lipinski definition) is 5. The number of benzene rings is 2. The molecule has 7 nitrogen and oxygen atoms in total. The van der Waals surface area contributed by atoms with Gasteiger partial charge >= 0.3 is 11.3 Å². The molecule has 40 heavy (non-hydrogen) atoms. The number of hydrogen-bond acceptors (Lipinski definition) is 7. The maximum absolute atomic E-state index is 13.3. The molecule has 0 radical (unpaired) electrons. The molecule has 2 unspecified atom stereocenters. The van der Waals surface area contributed by atoms with E-state index in [0.29, 0.717) is 18.7 Å². The van der Waals surface area contributed by atoms with Crippen LogP contribution in [0.1, 0.15) is 74.1 Å². The third-order valence-corrected chi connectivity index (χ3v) is 8.05. The normalized spacial score (nSPS) is 15.7. The topological polar surface area (TPSA) is 123 Å². The predicted molar refractivity (Wildman–Crippen MR) is 158 cm³/mol. The van der Waals surface area contributed by atoms with Crippen molar-refractivity contribution in [1.82, 2.24) is 10.6 Å². The maximum atomic E-state index is 13.3. The number of alkyl halides is 2. The molecule has 2 aromatic rings. The highest BCUT2D eigenvalue weighted by Crippen LogP contribution is 2.49. The SMILES string of the molecule is C=C(CCCc1ccc2c(c1)C(COC(N)=O)c1cccc(C(C)(CCC)NCCO)c1-2)NCCC(F)(F)SN. The molecule has 1 aliphatic carbocycles. The van der Waals surface area contributed by atoms with Gasteiger partial charge in [-0.3, -0.25) is 5.14 Å².